The number of rotatable bonds is 9. The van der Waals surface area contributed by atoms with Crippen molar-refractivity contribution in [2.45, 2.75) is 37.3 Å². The van der Waals surface area contributed by atoms with E-state index in [0.717, 1.165) is 35.1 Å². The number of hydrogen-bond acceptors (Lipinski definition) is 5. The number of nitrogens with one attached hydrogen (secondary N) is 2. The fourth-order valence-corrected chi connectivity index (χ4v) is 4.50. The van der Waals surface area contributed by atoms with Crippen LogP contribution in [-0.2, 0) is 19.1 Å². The van der Waals surface area contributed by atoms with Crippen molar-refractivity contribution in [3.63, 3.8) is 0 Å². The number of carboxylic acid groups (broad SMARTS) is 1. The molecule has 174 valence electrons. The lowest BCUT2D eigenvalue weighted by Gasteiger charge is -2.30. The molecule has 2 aliphatic carbocycles. The Morgan fingerprint density at radius 2 is 1.64 bits per heavy atom. The molecule has 0 spiro atoms. The zero-order valence-corrected chi connectivity index (χ0v) is 18.7. The molecule has 0 aliphatic heterocycles. The monoisotopic (exact) mass is 452 g/mol. The number of alkyl carbamates (subject to hydrolysis) is 1. The topological polar surface area (TPSA) is 114 Å². The van der Waals surface area contributed by atoms with Crippen molar-refractivity contribution in [3.8, 4) is 11.1 Å². The molecule has 0 radical (unpaired) electrons. The quantitative estimate of drug-likeness (QED) is 0.539. The highest BCUT2D eigenvalue weighted by Gasteiger charge is 2.49. The van der Waals surface area contributed by atoms with Crippen molar-refractivity contribution in [3.05, 3.63) is 59.7 Å². The van der Waals surface area contributed by atoms with Crippen molar-refractivity contribution in [2.75, 3.05) is 20.3 Å². The second-order valence-electron chi connectivity index (χ2n) is 8.75. The van der Waals surface area contributed by atoms with Gasteiger partial charge in [-0.1, -0.05) is 48.5 Å². The highest BCUT2D eigenvalue weighted by molar-refractivity contribution is 5.93. The van der Waals surface area contributed by atoms with Gasteiger partial charge in [-0.15, -0.1) is 0 Å². The van der Waals surface area contributed by atoms with Crippen LogP contribution in [0.3, 0.4) is 0 Å². The number of benzene rings is 2. The second-order valence-corrected chi connectivity index (χ2v) is 8.75. The van der Waals surface area contributed by atoms with Crippen LogP contribution in [0.15, 0.2) is 48.5 Å². The standard InChI is InChI=1S/C25H28N2O6/c1-25(15-11-12-15,23(30)26-21(14-32-2)22(28)29)27-24(31)33-13-20-18-9-5-3-7-16(18)17-8-4-6-10-19(17)20/h3-10,15,20-21H,11-14H2,1-2H3,(H,26,30)(H,27,31)(H,28,29)/t21-,25?/m0/s1. The van der Waals surface area contributed by atoms with Gasteiger partial charge in [0, 0.05) is 13.0 Å². The average Bonchev–Trinajstić information content (AvgIpc) is 3.61. The Morgan fingerprint density at radius 3 is 2.15 bits per heavy atom. The first kappa shape index (κ1) is 22.8. The third-order valence-electron chi connectivity index (χ3n) is 6.51. The van der Waals surface area contributed by atoms with E-state index in [4.69, 9.17) is 9.47 Å². The fourth-order valence-electron chi connectivity index (χ4n) is 4.50. The SMILES string of the molecule is COC[C@H](NC(=O)C(C)(NC(=O)OCC1c2ccccc2-c2ccccc21)C1CC1)C(=O)O. The summed E-state index contributed by atoms with van der Waals surface area (Å²) in [6.45, 7) is 1.56. The number of aliphatic carboxylic acids is 1. The van der Waals surface area contributed by atoms with E-state index in [1.54, 1.807) is 6.92 Å². The second kappa shape index (κ2) is 9.23. The molecular formula is C25H28N2O6. The van der Waals surface area contributed by atoms with E-state index in [1.165, 1.54) is 7.11 Å². The maximum Gasteiger partial charge on any atom is 0.408 e. The number of carbonyl (C=O) groups is 3. The highest BCUT2D eigenvalue weighted by atomic mass is 16.5. The van der Waals surface area contributed by atoms with Gasteiger partial charge in [0.2, 0.25) is 5.91 Å². The Hall–Kier alpha value is -3.39. The van der Waals surface area contributed by atoms with Gasteiger partial charge in [0.05, 0.1) is 6.61 Å². The number of ether oxygens (including phenoxy) is 2. The van der Waals surface area contributed by atoms with Gasteiger partial charge in [-0.2, -0.15) is 0 Å². The lowest BCUT2D eigenvalue weighted by molar-refractivity contribution is -0.144. The van der Waals surface area contributed by atoms with Crippen molar-refractivity contribution in [2.24, 2.45) is 5.92 Å². The van der Waals surface area contributed by atoms with Gasteiger partial charge in [-0.25, -0.2) is 9.59 Å². The Balaban J connectivity index is 1.44. The summed E-state index contributed by atoms with van der Waals surface area (Å²) in [5.41, 5.74) is 3.17. The molecule has 2 atom stereocenters. The molecule has 1 saturated carbocycles. The molecule has 2 amide bonds. The number of hydrogen-bond donors (Lipinski definition) is 3. The summed E-state index contributed by atoms with van der Waals surface area (Å²) >= 11 is 0. The minimum atomic E-state index is -1.27. The van der Waals surface area contributed by atoms with E-state index in [2.05, 4.69) is 22.8 Å². The van der Waals surface area contributed by atoms with Crippen LogP contribution in [0.2, 0.25) is 0 Å². The Morgan fingerprint density at radius 1 is 1.06 bits per heavy atom. The molecule has 0 saturated heterocycles. The van der Waals surface area contributed by atoms with Gasteiger partial charge in [0.1, 0.15) is 12.1 Å². The number of amides is 2. The summed E-state index contributed by atoms with van der Waals surface area (Å²) in [5, 5.41) is 14.5. The van der Waals surface area contributed by atoms with Crippen molar-refractivity contribution in [1.29, 1.82) is 0 Å². The Labute approximate surface area is 192 Å². The molecule has 0 aromatic heterocycles. The molecule has 8 heteroatoms. The number of methoxy groups -OCH3 is 1. The van der Waals surface area contributed by atoms with Crippen LogP contribution in [0.5, 0.6) is 0 Å². The third-order valence-corrected chi connectivity index (χ3v) is 6.51. The molecule has 0 heterocycles. The van der Waals surface area contributed by atoms with E-state index in [9.17, 15) is 19.5 Å². The summed E-state index contributed by atoms with van der Waals surface area (Å²) < 4.78 is 10.5. The zero-order valence-electron chi connectivity index (χ0n) is 18.7. The molecule has 8 nitrogen and oxygen atoms in total. The fraction of sp³-hybridized carbons (Fsp3) is 0.400. The molecule has 2 aromatic carbocycles. The number of carboxylic acids is 1. The summed E-state index contributed by atoms with van der Waals surface area (Å²) in [5.74, 6) is -1.95. The van der Waals surface area contributed by atoms with Gasteiger partial charge in [-0.3, -0.25) is 4.79 Å². The zero-order chi connectivity index (χ0) is 23.6. The number of fused-ring (bicyclic) bond motifs is 3. The maximum atomic E-state index is 13.0. The molecule has 3 N–H and O–H groups in total. The molecule has 33 heavy (non-hydrogen) atoms. The molecule has 4 rings (SSSR count). The molecule has 1 unspecified atom stereocenters. The largest absolute Gasteiger partial charge is 0.480 e. The Bertz CT molecular complexity index is 1020. The van der Waals surface area contributed by atoms with Crippen LogP contribution in [0.25, 0.3) is 11.1 Å². The molecule has 2 aromatic rings. The van der Waals surface area contributed by atoms with Gasteiger partial charge in [0.25, 0.3) is 0 Å². The first-order valence-corrected chi connectivity index (χ1v) is 11.0. The minimum absolute atomic E-state index is 0.0880. The van der Waals surface area contributed by atoms with Crippen LogP contribution < -0.4 is 10.6 Å². The lowest BCUT2D eigenvalue weighted by atomic mass is 9.94. The minimum Gasteiger partial charge on any atom is -0.480 e. The summed E-state index contributed by atoms with van der Waals surface area (Å²) in [4.78, 5) is 37.1. The average molecular weight is 453 g/mol. The first-order chi connectivity index (χ1) is 15.8. The maximum absolute atomic E-state index is 13.0. The lowest BCUT2D eigenvalue weighted by Crippen LogP contribution is -2.61. The smallest absolute Gasteiger partial charge is 0.408 e. The summed E-state index contributed by atoms with van der Waals surface area (Å²) in [7, 11) is 1.36. The van der Waals surface area contributed by atoms with Crippen LogP contribution in [0.4, 0.5) is 4.79 Å². The van der Waals surface area contributed by atoms with Crippen LogP contribution >= 0.6 is 0 Å². The predicted molar refractivity (Wildman–Crippen MR) is 121 cm³/mol. The summed E-state index contributed by atoms with van der Waals surface area (Å²) in [6.07, 6.45) is 0.811. The predicted octanol–water partition coefficient (Wildman–Crippen LogP) is 2.91. The van der Waals surface area contributed by atoms with E-state index in [1.807, 2.05) is 36.4 Å². The first-order valence-electron chi connectivity index (χ1n) is 11.0. The van der Waals surface area contributed by atoms with Crippen molar-refractivity contribution in [1.82, 2.24) is 10.6 Å². The van der Waals surface area contributed by atoms with Gasteiger partial charge >= 0.3 is 12.1 Å². The van der Waals surface area contributed by atoms with Crippen LogP contribution in [-0.4, -0.2) is 55.0 Å². The molecule has 0 bridgehead atoms. The van der Waals surface area contributed by atoms with E-state index in [0.29, 0.717) is 0 Å². The van der Waals surface area contributed by atoms with Gasteiger partial charge in [-0.05, 0) is 47.9 Å². The normalized spacial score (nSPS) is 17.3. The Kier molecular flexibility index (Phi) is 6.37. The van der Waals surface area contributed by atoms with Crippen molar-refractivity contribution < 1.29 is 29.0 Å². The van der Waals surface area contributed by atoms with Gasteiger partial charge < -0.3 is 25.2 Å². The number of carbonyl (C=O) groups excluding carboxylic acids is 2. The summed E-state index contributed by atoms with van der Waals surface area (Å²) in [6, 6.07) is 14.9. The van der Waals surface area contributed by atoms with E-state index >= 15 is 0 Å². The van der Waals surface area contributed by atoms with Crippen LogP contribution in [0, 0.1) is 5.92 Å². The molecular weight excluding hydrogens is 424 g/mol. The highest BCUT2D eigenvalue weighted by Crippen LogP contribution is 2.44. The van der Waals surface area contributed by atoms with Crippen LogP contribution in [0.1, 0.15) is 36.8 Å². The van der Waals surface area contributed by atoms with E-state index in [-0.39, 0.29) is 25.0 Å². The van der Waals surface area contributed by atoms with E-state index < -0.39 is 29.6 Å². The third kappa shape index (κ3) is 4.57. The molecule has 2 aliphatic rings. The molecule has 1 fully saturated rings. The van der Waals surface area contributed by atoms with Crippen molar-refractivity contribution >= 4 is 18.0 Å². The van der Waals surface area contributed by atoms with Gasteiger partial charge in [0.15, 0.2) is 6.04 Å².